The number of aliphatic imine (C=N–C) groups is 1. The number of guanidine groups is 1. The summed E-state index contributed by atoms with van der Waals surface area (Å²) in [5, 5.41) is 11.1. The van der Waals surface area contributed by atoms with Gasteiger partial charge < -0.3 is 16.0 Å². The first-order chi connectivity index (χ1) is 15.1. The molecule has 4 rings (SSSR count). The van der Waals surface area contributed by atoms with Gasteiger partial charge in [-0.25, -0.2) is 0 Å². The van der Waals surface area contributed by atoms with Gasteiger partial charge in [0.25, 0.3) is 5.91 Å². The van der Waals surface area contributed by atoms with Gasteiger partial charge in [-0.1, -0.05) is 18.2 Å². The van der Waals surface area contributed by atoms with Crippen molar-refractivity contribution >= 4 is 35.0 Å². The molecule has 3 N–H and O–H groups in total. The summed E-state index contributed by atoms with van der Waals surface area (Å²) in [7, 11) is 0. The fourth-order valence-electron chi connectivity index (χ4n) is 4.78. The van der Waals surface area contributed by atoms with Crippen LogP contribution in [0.4, 0.5) is 0 Å². The summed E-state index contributed by atoms with van der Waals surface area (Å²) in [6, 6.07) is 3.66. The van der Waals surface area contributed by atoms with Gasteiger partial charge in [0.2, 0.25) is 11.8 Å². The second kappa shape index (κ2) is 9.64. The van der Waals surface area contributed by atoms with E-state index in [0.29, 0.717) is 43.6 Å². The molecule has 2 heterocycles. The lowest BCUT2D eigenvalue weighted by molar-refractivity contribution is -0.140. The number of likely N-dealkylation sites (tertiary alicyclic amines) is 1. The van der Waals surface area contributed by atoms with E-state index in [1.807, 2.05) is 18.4 Å². The van der Waals surface area contributed by atoms with Crippen molar-refractivity contribution in [3.63, 3.8) is 0 Å². The predicted molar refractivity (Wildman–Crippen MR) is 120 cm³/mol. The molecule has 8 nitrogen and oxygen atoms in total. The Bertz CT molecular complexity index is 852. The van der Waals surface area contributed by atoms with Gasteiger partial charge in [-0.15, -0.1) is 11.3 Å². The van der Waals surface area contributed by atoms with Gasteiger partial charge in [0.15, 0.2) is 5.96 Å². The van der Waals surface area contributed by atoms with Gasteiger partial charge in [0.05, 0.1) is 16.7 Å². The number of carbonyl (C=O) groups excluding carboxylic acids is 3. The van der Waals surface area contributed by atoms with Gasteiger partial charge >= 0.3 is 0 Å². The van der Waals surface area contributed by atoms with Gasteiger partial charge in [0, 0.05) is 32.7 Å². The molecule has 0 aromatic carbocycles. The predicted octanol–water partition coefficient (Wildman–Crippen LogP) is 1.23. The zero-order valence-electron chi connectivity index (χ0n) is 17.7. The topological polar surface area (TPSA) is 103 Å². The number of nitrogens with one attached hydrogen (secondary N) is 3. The van der Waals surface area contributed by atoms with Crippen LogP contribution in [0.15, 0.2) is 34.7 Å². The second-order valence-corrected chi connectivity index (χ2v) is 9.05. The number of carbonyl (C=O) groups is 3. The Hall–Kier alpha value is -2.68. The van der Waals surface area contributed by atoms with E-state index in [4.69, 9.17) is 0 Å². The van der Waals surface area contributed by atoms with Crippen molar-refractivity contribution in [1.82, 2.24) is 20.9 Å². The Kier molecular flexibility index (Phi) is 6.70. The van der Waals surface area contributed by atoms with Gasteiger partial charge in [-0.05, 0) is 43.0 Å². The van der Waals surface area contributed by atoms with Gasteiger partial charge in [-0.3, -0.25) is 24.3 Å². The lowest BCUT2D eigenvalue weighted by Crippen LogP contribution is -2.43. The number of nitrogens with zero attached hydrogens (tertiary/aromatic N) is 2. The SMILES string of the molecule is CCNC(=NCCCNC(=O)c1cccs1)NCCN1C(=O)C2C3C=CC(C3)C2C1=O. The first-order valence-electron chi connectivity index (χ1n) is 11.0. The standard InChI is InChI=1S/C22H29N5O3S/c1-2-23-22(25-9-4-8-24-19(28)16-5-3-12-31-16)26-10-11-27-20(29)17-14-6-7-15(13-14)18(17)21(27)30/h3,5-7,12,14-15,17-18H,2,4,8-11,13H2,1H3,(H,24,28)(H2,23,25,26). The molecule has 4 unspecified atom stereocenters. The van der Waals surface area contributed by atoms with E-state index in [1.54, 1.807) is 6.07 Å². The minimum atomic E-state index is -0.145. The largest absolute Gasteiger partial charge is 0.357 e. The van der Waals surface area contributed by atoms with Crippen LogP contribution in [0.25, 0.3) is 0 Å². The average Bonchev–Trinajstić information content (AvgIpc) is 3.54. The first-order valence-corrected chi connectivity index (χ1v) is 11.9. The number of hydrogen-bond donors (Lipinski definition) is 3. The summed E-state index contributed by atoms with van der Waals surface area (Å²) in [6.45, 7) is 4.61. The lowest BCUT2D eigenvalue weighted by atomic mass is 9.85. The number of fused-ring (bicyclic) bond motifs is 5. The quantitative estimate of drug-likeness (QED) is 0.175. The highest BCUT2D eigenvalue weighted by Crippen LogP contribution is 2.52. The number of thiophene rings is 1. The fraction of sp³-hybridized carbons (Fsp3) is 0.545. The maximum atomic E-state index is 12.7. The van der Waals surface area contributed by atoms with E-state index in [1.165, 1.54) is 16.2 Å². The monoisotopic (exact) mass is 443 g/mol. The van der Waals surface area contributed by atoms with E-state index < -0.39 is 0 Å². The molecule has 2 aliphatic carbocycles. The van der Waals surface area contributed by atoms with Crippen LogP contribution < -0.4 is 16.0 Å². The van der Waals surface area contributed by atoms with Crippen molar-refractivity contribution in [3.8, 4) is 0 Å². The molecular formula is C22H29N5O3S. The van der Waals surface area contributed by atoms with Crippen LogP contribution in [0, 0.1) is 23.7 Å². The molecule has 2 bridgehead atoms. The summed E-state index contributed by atoms with van der Waals surface area (Å²) in [4.78, 5) is 44.0. The highest BCUT2D eigenvalue weighted by atomic mass is 32.1. The Labute approximate surface area is 186 Å². The lowest BCUT2D eigenvalue weighted by Gasteiger charge is -2.18. The normalized spacial score (nSPS) is 26.5. The third-order valence-corrected chi connectivity index (χ3v) is 7.04. The molecule has 3 amide bonds. The van der Waals surface area contributed by atoms with Crippen molar-refractivity contribution < 1.29 is 14.4 Å². The highest BCUT2D eigenvalue weighted by molar-refractivity contribution is 7.12. The Morgan fingerprint density at radius 1 is 1.13 bits per heavy atom. The number of amides is 3. The molecule has 3 aliphatic rings. The van der Waals surface area contributed by atoms with Crippen LogP contribution in [0.1, 0.15) is 29.4 Å². The summed E-state index contributed by atoms with van der Waals surface area (Å²) in [5.41, 5.74) is 0. The first kappa shape index (κ1) is 21.5. The molecule has 1 aromatic heterocycles. The third-order valence-electron chi connectivity index (χ3n) is 6.17. The molecule has 0 radical (unpaired) electrons. The van der Waals surface area contributed by atoms with Crippen molar-refractivity contribution in [2.24, 2.45) is 28.7 Å². The highest BCUT2D eigenvalue weighted by Gasteiger charge is 2.58. The molecular weight excluding hydrogens is 414 g/mol. The Balaban J connectivity index is 1.19. The molecule has 1 saturated carbocycles. The smallest absolute Gasteiger partial charge is 0.261 e. The Morgan fingerprint density at radius 3 is 2.52 bits per heavy atom. The molecule has 1 aromatic rings. The van der Waals surface area contributed by atoms with Crippen LogP contribution in [-0.2, 0) is 9.59 Å². The minimum Gasteiger partial charge on any atom is -0.357 e. The third kappa shape index (κ3) is 4.51. The molecule has 1 saturated heterocycles. The zero-order chi connectivity index (χ0) is 21.8. The van der Waals surface area contributed by atoms with E-state index in [0.717, 1.165) is 12.8 Å². The molecule has 4 atom stereocenters. The van der Waals surface area contributed by atoms with Crippen LogP contribution in [0.3, 0.4) is 0 Å². The summed E-state index contributed by atoms with van der Waals surface area (Å²) in [5.74, 6) is 0.745. The molecule has 31 heavy (non-hydrogen) atoms. The molecule has 1 aliphatic heterocycles. The van der Waals surface area contributed by atoms with Crippen molar-refractivity contribution in [2.45, 2.75) is 19.8 Å². The van der Waals surface area contributed by atoms with Crippen molar-refractivity contribution in [1.29, 1.82) is 0 Å². The van der Waals surface area contributed by atoms with E-state index in [9.17, 15) is 14.4 Å². The van der Waals surface area contributed by atoms with Gasteiger partial charge in [-0.2, -0.15) is 0 Å². The maximum Gasteiger partial charge on any atom is 0.261 e. The van der Waals surface area contributed by atoms with Crippen LogP contribution in [0.5, 0.6) is 0 Å². The van der Waals surface area contributed by atoms with Crippen LogP contribution in [0.2, 0.25) is 0 Å². The summed E-state index contributed by atoms with van der Waals surface area (Å²) in [6.07, 6.45) is 5.88. The molecule has 166 valence electrons. The molecule has 2 fully saturated rings. The van der Waals surface area contributed by atoms with Crippen molar-refractivity contribution in [2.75, 3.05) is 32.7 Å². The van der Waals surface area contributed by atoms with Gasteiger partial charge in [0.1, 0.15) is 0 Å². The van der Waals surface area contributed by atoms with Crippen LogP contribution >= 0.6 is 11.3 Å². The van der Waals surface area contributed by atoms with E-state index in [2.05, 4.69) is 33.1 Å². The number of allylic oxidation sites excluding steroid dienone is 2. The van der Waals surface area contributed by atoms with E-state index in [-0.39, 0.29) is 41.4 Å². The number of hydrogen-bond acceptors (Lipinski definition) is 5. The number of rotatable bonds is 9. The summed E-state index contributed by atoms with van der Waals surface area (Å²) < 4.78 is 0. The fourth-order valence-corrected chi connectivity index (χ4v) is 5.42. The number of imide groups is 1. The minimum absolute atomic E-state index is 0.0166. The second-order valence-electron chi connectivity index (χ2n) is 8.10. The molecule has 9 heteroatoms. The Morgan fingerprint density at radius 2 is 1.87 bits per heavy atom. The summed E-state index contributed by atoms with van der Waals surface area (Å²) >= 11 is 1.42. The average molecular weight is 444 g/mol. The zero-order valence-corrected chi connectivity index (χ0v) is 18.5. The van der Waals surface area contributed by atoms with Crippen molar-refractivity contribution in [3.05, 3.63) is 34.5 Å². The molecule has 0 spiro atoms. The van der Waals surface area contributed by atoms with Crippen LogP contribution in [-0.4, -0.2) is 61.3 Å². The van der Waals surface area contributed by atoms with E-state index >= 15 is 0 Å². The maximum absolute atomic E-state index is 12.7.